The van der Waals surface area contributed by atoms with Gasteiger partial charge in [0.1, 0.15) is 6.61 Å². The summed E-state index contributed by atoms with van der Waals surface area (Å²) in [6, 6.07) is 0. The topological polar surface area (TPSA) is 52.3 Å². The van der Waals surface area contributed by atoms with E-state index >= 15 is 0 Å². The predicted molar refractivity (Wildman–Crippen MR) is 54.9 cm³/mol. The molecule has 68 valence electrons. The van der Waals surface area contributed by atoms with E-state index < -0.39 is 6.09 Å². The van der Waals surface area contributed by atoms with Gasteiger partial charge in [0.05, 0.1) is 0 Å². The maximum absolute atomic E-state index is 9.71. The van der Waals surface area contributed by atoms with Crippen LogP contribution in [0, 0.1) is 0 Å². The van der Waals surface area contributed by atoms with Crippen molar-refractivity contribution in [2.45, 2.75) is 0 Å². The molecule has 0 saturated heterocycles. The maximum atomic E-state index is 9.71. The van der Waals surface area contributed by atoms with Gasteiger partial charge in [0, 0.05) is 5.75 Å². The highest BCUT2D eigenvalue weighted by molar-refractivity contribution is 8.78. The summed E-state index contributed by atoms with van der Waals surface area (Å²) >= 11 is 0. The van der Waals surface area contributed by atoms with Crippen LogP contribution in [0.5, 0.6) is 0 Å². The fraction of sp³-hybridized carbons (Fsp3) is 0.286. The van der Waals surface area contributed by atoms with E-state index in [1.807, 2.05) is 21.6 Å². The smallest absolute Gasteiger partial charge is 0.404 e. The van der Waals surface area contributed by atoms with Crippen LogP contribution in [0.2, 0.25) is 0 Å². The highest BCUT2D eigenvalue weighted by atomic mass is 33.1. The summed E-state index contributed by atoms with van der Waals surface area (Å²) in [5.74, 6) is 1.20. The van der Waals surface area contributed by atoms with Crippen molar-refractivity contribution in [1.82, 2.24) is 0 Å². The van der Waals surface area contributed by atoms with Gasteiger partial charge >= 0.3 is 6.09 Å². The molecule has 3 nitrogen and oxygen atoms in total. The van der Waals surface area contributed by atoms with Gasteiger partial charge in [-0.05, 0) is 5.41 Å². The second kappa shape index (κ2) is 8.55. The lowest BCUT2D eigenvalue weighted by Crippen LogP contribution is -2.12. The van der Waals surface area contributed by atoms with Crippen molar-refractivity contribution >= 4 is 27.7 Å². The van der Waals surface area contributed by atoms with Crippen LogP contribution in [0.25, 0.3) is 0 Å². The van der Waals surface area contributed by atoms with Gasteiger partial charge in [-0.3, -0.25) is 0 Å². The van der Waals surface area contributed by atoms with Gasteiger partial charge in [0.2, 0.25) is 0 Å². The number of amides is 1. The normalized spacial score (nSPS) is 13.0. The lowest BCUT2D eigenvalue weighted by molar-refractivity contribution is 0.169. The Hall–Kier alpha value is -0.550. The molecule has 0 aromatic heterocycles. The molecule has 1 amide bonds. The molecule has 0 aliphatic carbocycles. The van der Waals surface area contributed by atoms with E-state index in [0.717, 1.165) is 0 Å². The monoisotopic (exact) mass is 205 g/mol. The van der Waals surface area contributed by atoms with E-state index in [1.54, 1.807) is 0 Å². The molecular formula is C7H11NO2S2. The Bertz CT molecular complexity index is 165. The minimum atomic E-state index is -0.764. The van der Waals surface area contributed by atoms with Gasteiger partial charge in [-0.1, -0.05) is 40.3 Å². The minimum absolute atomic E-state index is 0.190. The van der Waals surface area contributed by atoms with Gasteiger partial charge < -0.3 is 10.5 Å². The number of rotatable bonds is 2. The summed E-state index contributed by atoms with van der Waals surface area (Å²) in [5, 5.41) is 2.12. The van der Waals surface area contributed by atoms with Gasteiger partial charge in [0.25, 0.3) is 0 Å². The molecule has 0 unspecified atom stereocenters. The molecule has 0 bridgehead atoms. The average Bonchev–Trinajstić information content (AvgIpc) is 2.57. The molecule has 0 atom stereocenters. The summed E-state index contributed by atoms with van der Waals surface area (Å²) in [5.41, 5.74) is 4.57. The minimum Gasteiger partial charge on any atom is -0.445 e. The summed E-state index contributed by atoms with van der Waals surface area (Å²) in [6.07, 6.45) is 2.85. The lowest BCUT2D eigenvalue weighted by atomic mass is 10.7. The number of carbonyl (C=O) groups is 1. The molecule has 1 rings (SSSR count). The Kier molecular flexibility index (Phi) is 8.15. The first-order chi connectivity index (χ1) is 5.77. The van der Waals surface area contributed by atoms with E-state index in [2.05, 4.69) is 28.5 Å². The molecule has 0 spiro atoms. The summed E-state index contributed by atoms with van der Waals surface area (Å²) < 4.78 is 4.21. The van der Waals surface area contributed by atoms with Gasteiger partial charge in [0.15, 0.2) is 0 Å². The van der Waals surface area contributed by atoms with Gasteiger partial charge in [-0.25, -0.2) is 4.79 Å². The van der Waals surface area contributed by atoms with Crippen LogP contribution in [0.15, 0.2) is 24.1 Å². The quantitative estimate of drug-likeness (QED) is 0.554. The van der Waals surface area contributed by atoms with Crippen LogP contribution in [0.1, 0.15) is 0 Å². The van der Waals surface area contributed by atoms with Crippen LogP contribution < -0.4 is 5.73 Å². The molecule has 0 aromatic carbocycles. The van der Waals surface area contributed by atoms with Crippen LogP contribution in [-0.4, -0.2) is 18.5 Å². The molecule has 0 radical (unpaired) electrons. The van der Waals surface area contributed by atoms with Crippen LogP contribution in [0.3, 0.4) is 0 Å². The third kappa shape index (κ3) is 9.45. The molecule has 1 aliphatic rings. The van der Waals surface area contributed by atoms with Crippen molar-refractivity contribution in [2.24, 2.45) is 5.73 Å². The van der Waals surface area contributed by atoms with E-state index in [9.17, 15) is 4.79 Å². The van der Waals surface area contributed by atoms with Gasteiger partial charge in [-0.2, -0.15) is 0 Å². The zero-order valence-corrected chi connectivity index (χ0v) is 8.20. The average molecular weight is 205 g/mol. The second-order valence-electron chi connectivity index (χ2n) is 1.67. The molecule has 0 saturated carbocycles. The van der Waals surface area contributed by atoms with E-state index in [0.29, 0.717) is 0 Å². The first kappa shape index (κ1) is 11.4. The van der Waals surface area contributed by atoms with Crippen molar-refractivity contribution in [1.29, 1.82) is 0 Å². The molecule has 5 heteroatoms. The van der Waals surface area contributed by atoms with E-state index in [1.165, 1.54) is 11.8 Å². The number of primary amides is 1. The highest BCUT2D eigenvalue weighted by Gasteiger charge is 1.86. The van der Waals surface area contributed by atoms with Crippen molar-refractivity contribution in [3.63, 3.8) is 0 Å². The third-order valence-electron chi connectivity index (χ3n) is 0.728. The van der Waals surface area contributed by atoms with Crippen molar-refractivity contribution in [2.75, 3.05) is 12.4 Å². The number of nitrogens with two attached hydrogens (primary N) is 1. The van der Waals surface area contributed by atoms with Crippen LogP contribution >= 0.6 is 21.6 Å². The fourth-order valence-corrected chi connectivity index (χ4v) is 1.91. The Balaban J connectivity index is 0.000000211. The molecule has 0 fully saturated rings. The number of hydrogen-bond donors (Lipinski definition) is 1. The van der Waals surface area contributed by atoms with Crippen molar-refractivity contribution in [3.05, 3.63) is 24.1 Å². The molecule has 0 aromatic rings. The molecule has 1 heterocycles. The summed E-state index contributed by atoms with van der Waals surface area (Å²) in [4.78, 5) is 9.71. The Morgan fingerprint density at radius 3 is 2.75 bits per heavy atom. The number of carbonyl (C=O) groups excluding carboxylic acids is 1. The predicted octanol–water partition coefficient (Wildman–Crippen LogP) is 2.16. The second-order valence-corrected chi connectivity index (χ2v) is 3.99. The van der Waals surface area contributed by atoms with E-state index in [-0.39, 0.29) is 6.61 Å². The van der Waals surface area contributed by atoms with Crippen LogP contribution in [-0.2, 0) is 4.74 Å². The Morgan fingerprint density at radius 1 is 1.83 bits per heavy atom. The fourth-order valence-electron chi connectivity index (χ4n) is 0.337. The molecule has 2 N–H and O–H groups in total. The summed E-state index contributed by atoms with van der Waals surface area (Å²) in [6.45, 7) is 3.49. The largest absolute Gasteiger partial charge is 0.445 e. The van der Waals surface area contributed by atoms with Crippen molar-refractivity contribution in [3.8, 4) is 0 Å². The number of hydrogen-bond acceptors (Lipinski definition) is 4. The van der Waals surface area contributed by atoms with Crippen molar-refractivity contribution < 1.29 is 9.53 Å². The van der Waals surface area contributed by atoms with Gasteiger partial charge in [-0.15, -0.1) is 0 Å². The lowest BCUT2D eigenvalue weighted by Gasteiger charge is -1.90. The molecule has 12 heavy (non-hydrogen) atoms. The SMILES string of the molecule is C1=CSSC1.C=CCOC(N)=O. The Morgan fingerprint density at radius 2 is 2.58 bits per heavy atom. The highest BCUT2D eigenvalue weighted by Crippen LogP contribution is 2.27. The molecule has 1 aliphatic heterocycles. The first-order valence-corrected chi connectivity index (χ1v) is 5.62. The maximum Gasteiger partial charge on any atom is 0.404 e. The van der Waals surface area contributed by atoms with E-state index in [4.69, 9.17) is 0 Å². The zero-order valence-electron chi connectivity index (χ0n) is 6.56. The summed E-state index contributed by atoms with van der Waals surface area (Å²) in [7, 11) is 3.69. The number of ether oxygens (including phenoxy) is 1. The standard InChI is InChI=1S/C4H7NO2.C3H4S2/c1-2-3-7-4(5)6;1-2-4-5-3-1/h2H,1,3H2,(H2,5,6);1-2H,3H2. The first-order valence-electron chi connectivity index (χ1n) is 3.23. The van der Waals surface area contributed by atoms with Crippen LogP contribution in [0.4, 0.5) is 4.79 Å². The Labute approximate surface area is 79.8 Å². The molecular weight excluding hydrogens is 194 g/mol. The third-order valence-corrected chi connectivity index (χ3v) is 2.65. The zero-order chi connectivity index (χ0) is 9.23.